The Morgan fingerprint density at radius 2 is 1.82 bits per heavy atom. The summed E-state index contributed by atoms with van der Waals surface area (Å²) in [6.07, 6.45) is 1.57. The summed E-state index contributed by atoms with van der Waals surface area (Å²) in [7, 11) is 3.33. The highest BCUT2D eigenvalue weighted by molar-refractivity contribution is 7.97. The van der Waals surface area contributed by atoms with Crippen molar-refractivity contribution >= 4 is 17.7 Å². The van der Waals surface area contributed by atoms with Crippen LogP contribution < -0.4 is 0 Å². The van der Waals surface area contributed by atoms with Crippen LogP contribution in [0.5, 0.6) is 0 Å². The van der Waals surface area contributed by atoms with E-state index in [1.165, 1.54) is 0 Å². The van der Waals surface area contributed by atoms with Crippen LogP contribution in [0, 0.1) is 0 Å². The molecular weight excluding hydrogens is 236 g/mol. The van der Waals surface area contributed by atoms with Crippen molar-refractivity contribution in [3.63, 3.8) is 0 Å². The van der Waals surface area contributed by atoms with Crippen LogP contribution in [-0.4, -0.2) is 32.5 Å². The van der Waals surface area contributed by atoms with Gasteiger partial charge in [0.05, 0.1) is 13.2 Å². The predicted molar refractivity (Wildman–Crippen MR) is 70.9 cm³/mol. The highest BCUT2D eigenvalue weighted by Crippen LogP contribution is 2.16. The van der Waals surface area contributed by atoms with Gasteiger partial charge in [-0.15, -0.1) is 12.6 Å². The highest BCUT2D eigenvalue weighted by Gasteiger charge is 2.08. The largest absolute Gasteiger partial charge is 0.384 e. The number of thiol groups is 1. The first-order valence-electron chi connectivity index (χ1n) is 5.52. The van der Waals surface area contributed by atoms with Crippen molar-refractivity contribution in [3.05, 3.63) is 34.9 Å². The van der Waals surface area contributed by atoms with Crippen LogP contribution in [0.2, 0.25) is 0 Å². The van der Waals surface area contributed by atoms with E-state index >= 15 is 0 Å². The zero-order valence-electron chi connectivity index (χ0n) is 10.2. The van der Waals surface area contributed by atoms with Gasteiger partial charge in [-0.25, -0.2) is 0 Å². The second-order valence-corrected chi connectivity index (χ2v) is 4.19. The molecule has 0 saturated heterocycles. The highest BCUT2D eigenvalue weighted by atomic mass is 32.1. The molecule has 1 aromatic rings. The molecule has 94 valence electrons. The Labute approximate surface area is 108 Å². The summed E-state index contributed by atoms with van der Waals surface area (Å²) in [5.74, 6) is 0. The minimum atomic E-state index is -0.200. The maximum Gasteiger partial charge on any atom is 0.216 e. The molecule has 0 heterocycles. The molecule has 0 saturated carbocycles. The number of hydrogen-bond donors (Lipinski definition) is 1. The molecular formula is C13H18O3S. The van der Waals surface area contributed by atoms with E-state index in [1.54, 1.807) is 14.2 Å². The molecule has 0 aliphatic carbocycles. The van der Waals surface area contributed by atoms with E-state index in [0.717, 1.165) is 24.0 Å². The Morgan fingerprint density at radius 1 is 1.18 bits per heavy atom. The van der Waals surface area contributed by atoms with Gasteiger partial charge in [-0.1, -0.05) is 12.1 Å². The lowest BCUT2D eigenvalue weighted by molar-refractivity contribution is 0.109. The van der Waals surface area contributed by atoms with Gasteiger partial charge >= 0.3 is 0 Å². The van der Waals surface area contributed by atoms with Crippen LogP contribution in [-0.2, 0) is 22.3 Å². The summed E-state index contributed by atoms with van der Waals surface area (Å²) >= 11 is 3.88. The molecule has 17 heavy (non-hydrogen) atoms. The van der Waals surface area contributed by atoms with Crippen molar-refractivity contribution in [2.45, 2.75) is 12.8 Å². The summed E-state index contributed by atoms with van der Waals surface area (Å²) < 4.78 is 10.1. The molecule has 1 aromatic carbocycles. The lowest BCUT2D eigenvalue weighted by Crippen LogP contribution is -2.04. The van der Waals surface area contributed by atoms with E-state index in [2.05, 4.69) is 12.6 Å². The molecule has 0 N–H and O–H groups in total. The summed E-state index contributed by atoms with van der Waals surface area (Å²) in [5.41, 5.74) is 2.81. The van der Waals surface area contributed by atoms with Gasteiger partial charge in [-0.2, -0.15) is 0 Å². The molecule has 0 aliphatic rings. The van der Waals surface area contributed by atoms with Crippen LogP contribution in [0.4, 0.5) is 0 Å². The van der Waals surface area contributed by atoms with Crippen molar-refractivity contribution in [2.75, 3.05) is 27.4 Å². The molecule has 0 aromatic heterocycles. The second-order valence-electron chi connectivity index (χ2n) is 3.78. The molecule has 0 unspecified atom stereocenters. The Kier molecular flexibility index (Phi) is 6.26. The molecule has 0 radical (unpaired) electrons. The maximum absolute atomic E-state index is 11.4. The second kappa shape index (κ2) is 7.48. The predicted octanol–water partition coefficient (Wildman–Crippen LogP) is 2.13. The number of ether oxygens (including phenoxy) is 2. The Bertz CT molecular complexity index is 377. The van der Waals surface area contributed by atoms with Crippen molar-refractivity contribution in [2.24, 2.45) is 0 Å². The lowest BCUT2D eigenvalue weighted by Gasteiger charge is -2.09. The van der Waals surface area contributed by atoms with E-state index in [4.69, 9.17) is 9.47 Å². The van der Waals surface area contributed by atoms with E-state index in [1.807, 2.05) is 18.2 Å². The Hall–Kier alpha value is -0.840. The zero-order valence-corrected chi connectivity index (χ0v) is 11.1. The number of benzene rings is 1. The molecule has 0 spiro atoms. The molecule has 0 aliphatic heterocycles. The minimum absolute atomic E-state index is 0.200. The third-order valence-electron chi connectivity index (χ3n) is 2.57. The molecule has 0 fully saturated rings. The van der Waals surface area contributed by atoms with Gasteiger partial charge in [0.2, 0.25) is 5.12 Å². The monoisotopic (exact) mass is 254 g/mol. The summed E-state index contributed by atoms with van der Waals surface area (Å²) in [5, 5.41) is -0.200. The Balaban J connectivity index is 2.88. The van der Waals surface area contributed by atoms with Gasteiger partial charge in [0.25, 0.3) is 0 Å². The first kappa shape index (κ1) is 14.2. The SMILES string of the molecule is COCCc1ccc(C(=O)S)c(CCOC)c1. The van der Waals surface area contributed by atoms with Crippen LogP contribution in [0.3, 0.4) is 0 Å². The van der Waals surface area contributed by atoms with Crippen LogP contribution >= 0.6 is 12.6 Å². The fourth-order valence-electron chi connectivity index (χ4n) is 1.65. The van der Waals surface area contributed by atoms with E-state index < -0.39 is 0 Å². The normalized spacial score (nSPS) is 10.5. The smallest absolute Gasteiger partial charge is 0.216 e. The third-order valence-corrected chi connectivity index (χ3v) is 2.81. The van der Waals surface area contributed by atoms with Crippen molar-refractivity contribution in [3.8, 4) is 0 Å². The van der Waals surface area contributed by atoms with Crippen molar-refractivity contribution in [1.29, 1.82) is 0 Å². The maximum atomic E-state index is 11.4. The standard InChI is InChI=1S/C13H18O3S/c1-15-7-5-10-3-4-12(13(14)17)11(9-10)6-8-16-2/h3-4,9H,5-8H2,1-2H3,(H,14,17). The minimum Gasteiger partial charge on any atom is -0.384 e. The molecule has 0 amide bonds. The van der Waals surface area contributed by atoms with E-state index in [0.29, 0.717) is 18.8 Å². The van der Waals surface area contributed by atoms with Gasteiger partial charge in [-0.3, -0.25) is 4.79 Å². The van der Waals surface area contributed by atoms with Crippen LogP contribution in [0.1, 0.15) is 21.5 Å². The molecule has 4 heteroatoms. The first-order valence-corrected chi connectivity index (χ1v) is 5.96. The molecule has 0 bridgehead atoms. The van der Waals surface area contributed by atoms with Gasteiger partial charge in [0, 0.05) is 19.8 Å². The average molecular weight is 254 g/mol. The van der Waals surface area contributed by atoms with Crippen molar-refractivity contribution in [1.82, 2.24) is 0 Å². The quantitative estimate of drug-likeness (QED) is 0.757. The van der Waals surface area contributed by atoms with Crippen LogP contribution in [0.25, 0.3) is 0 Å². The summed E-state index contributed by atoms with van der Waals surface area (Å²) in [6.45, 7) is 1.28. The summed E-state index contributed by atoms with van der Waals surface area (Å²) in [6, 6.07) is 5.80. The fraction of sp³-hybridized carbons (Fsp3) is 0.462. The molecule has 0 atom stereocenters. The summed E-state index contributed by atoms with van der Waals surface area (Å²) in [4.78, 5) is 11.4. The number of rotatable bonds is 7. The number of hydrogen-bond acceptors (Lipinski definition) is 3. The van der Waals surface area contributed by atoms with E-state index in [-0.39, 0.29) is 5.12 Å². The molecule has 1 rings (SSSR count). The molecule has 3 nitrogen and oxygen atoms in total. The number of methoxy groups -OCH3 is 2. The average Bonchev–Trinajstić information content (AvgIpc) is 2.33. The first-order chi connectivity index (χ1) is 8.19. The van der Waals surface area contributed by atoms with Gasteiger partial charge in [0.1, 0.15) is 0 Å². The lowest BCUT2D eigenvalue weighted by atomic mass is 10.0. The van der Waals surface area contributed by atoms with Gasteiger partial charge < -0.3 is 9.47 Å². The third kappa shape index (κ3) is 4.50. The zero-order chi connectivity index (χ0) is 12.7. The Morgan fingerprint density at radius 3 is 2.41 bits per heavy atom. The number of carbonyl (C=O) groups excluding carboxylic acids is 1. The topological polar surface area (TPSA) is 35.5 Å². The van der Waals surface area contributed by atoms with Gasteiger partial charge in [-0.05, 0) is 30.0 Å². The van der Waals surface area contributed by atoms with E-state index in [9.17, 15) is 4.79 Å². The van der Waals surface area contributed by atoms with Gasteiger partial charge in [0.15, 0.2) is 0 Å². The number of carbonyl (C=O) groups is 1. The van der Waals surface area contributed by atoms with Crippen LogP contribution in [0.15, 0.2) is 18.2 Å². The van der Waals surface area contributed by atoms with Crippen molar-refractivity contribution < 1.29 is 14.3 Å². The fourth-order valence-corrected chi connectivity index (χ4v) is 1.87.